The molecule has 0 aliphatic heterocycles. The molecule has 0 aliphatic carbocycles. The van der Waals surface area contributed by atoms with Gasteiger partial charge in [0.25, 0.3) is 0 Å². The van der Waals surface area contributed by atoms with E-state index < -0.39 is 6.04 Å². The van der Waals surface area contributed by atoms with E-state index in [0.717, 1.165) is 5.56 Å². The topological polar surface area (TPSA) is 46.3 Å². The smallest absolute Gasteiger partial charge is 0.239 e. The van der Waals surface area contributed by atoms with Gasteiger partial charge in [-0.2, -0.15) is 0 Å². The Labute approximate surface area is 101 Å². The van der Waals surface area contributed by atoms with E-state index in [1.54, 1.807) is 30.6 Å². The molecule has 1 rings (SSSR count). The molecule has 16 heavy (non-hydrogen) atoms. The molecule has 2 N–H and O–H groups in total. The highest BCUT2D eigenvalue weighted by atomic mass is 32.2. The van der Waals surface area contributed by atoms with Crippen LogP contribution < -0.4 is 5.73 Å². The highest BCUT2D eigenvalue weighted by molar-refractivity contribution is 7.98. The van der Waals surface area contributed by atoms with Crippen molar-refractivity contribution in [2.45, 2.75) is 24.4 Å². The van der Waals surface area contributed by atoms with E-state index in [4.69, 9.17) is 5.73 Å². The lowest BCUT2D eigenvalue weighted by Gasteiger charge is -2.19. The van der Waals surface area contributed by atoms with Gasteiger partial charge in [-0.3, -0.25) is 4.79 Å². The second-order valence-corrected chi connectivity index (χ2v) is 4.71. The summed E-state index contributed by atoms with van der Waals surface area (Å²) in [6.07, 6.45) is 2.04. The summed E-state index contributed by atoms with van der Waals surface area (Å²) in [4.78, 5) is 14.4. The lowest BCUT2D eigenvalue weighted by molar-refractivity contribution is -0.131. The summed E-state index contributed by atoms with van der Waals surface area (Å²) in [5.74, 6) is -0.0334. The van der Waals surface area contributed by atoms with Crippen LogP contribution in [0, 0.1) is 0 Å². The fraction of sp³-hybridized carbons (Fsp3) is 0.417. The number of amides is 1. The summed E-state index contributed by atoms with van der Waals surface area (Å²) in [5.41, 5.74) is 6.66. The Morgan fingerprint density at radius 2 is 2.00 bits per heavy atom. The van der Waals surface area contributed by atoms with Gasteiger partial charge in [0.15, 0.2) is 0 Å². The van der Waals surface area contributed by atoms with Gasteiger partial charge >= 0.3 is 0 Å². The van der Waals surface area contributed by atoms with E-state index in [1.807, 2.05) is 18.4 Å². The molecule has 0 saturated heterocycles. The maximum absolute atomic E-state index is 11.6. The molecular formula is C12H18N2OS. The number of nitrogens with two attached hydrogens (primary N) is 1. The van der Waals surface area contributed by atoms with Crippen LogP contribution >= 0.6 is 11.8 Å². The molecule has 0 radical (unpaired) electrons. The number of hydrogen-bond donors (Lipinski definition) is 1. The van der Waals surface area contributed by atoms with Crippen LogP contribution in [-0.2, 0) is 11.3 Å². The quantitative estimate of drug-likeness (QED) is 0.812. The van der Waals surface area contributed by atoms with Crippen molar-refractivity contribution in [1.82, 2.24) is 4.90 Å². The zero-order chi connectivity index (χ0) is 12.1. The molecule has 0 unspecified atom stereocenters. The van der Waals surface area contributed by atoms with Gasteiger partial charge in [0.2, 0.25) is 5.91 Å². The third-order valence-electron chi connectivity index (χ3n) is 2.34. The minimum atomic E-state index is -0.435. The lowest BCUT2D eigenvalue weighted by Crippen LogP contribution is -2.39. The zero-order valence-electron chi connectivity index (χ0n) is 9.93. The van der Waals surface area contributed by atoms with E-state index in [2.05, 4.69) is 12.1 Å². The van der Waals surface area contributed by atoms with Gasteiger partial charge in [-0.05, 0) is 30.9 Å². The van der Waals surface area contributed by atoms with Crippen molar-refractivity contribution in [2.24, 2.45) is 5.73 Å². The molecule has 1 atom stereocenters. The van der Waals surface area contributed by atoms with Gasteiger partial charge in [-0.15, -0.1) is 11.8 Å². The summed E-state index contributed by atoms with van der Waals surface area (Å²) in [6, 6.07) is 7.76. The van der Waals surface area contributed by atoms with Crippen LogP contribution in [0.4, 0.5) is 0 Å². The van der Waals surface area contributed by atoms with Crippen LogP contribution in [0.2, 0.25) is 0 Å². The number of hydrogen-bond acceptors (Lipinski definition) is 3. The van der Waals surface area contributed by atoms with Crippen molar-refractivity contribution < 1.29 is 4.79 Å². The van der Waals surface area contributed by atoms with Crippen LogP contribution in [0.5, 0.6) is 0 Å². The molecule has 0 spiro atoms. The molecule has 4 heteroatoms. The highest BCUT2D eigenvalue weighted by Crippen LogP contribution is 2.15. The van der Waals surface area contributed by atoms with Gasteiger partial charge < -0.3 is 10.6 Å². The van der Waals surface area contributed by atoms with Crippen LogP contribution in [0.1, 0.15) is 12.5 Å². The molecule has 1 amide bonds. The predicted molar refractivity (Wildman–Crippen MR) is 68.3 cm³/mol. The summed E-state index contributed by atoms with van der Waals surface area (Å²) < 4.78 is 0. The first-order chi connectivity index (χ1) is 7.54. The molecule has 0 aromatic heterocycles. The number of carbonyl (C=O) groups excluding carboxylic acids is 1. The fourth-order valence-corrected chi connectivity index (χ4v) is 1.84. The summed E-state index contributed by atoms with van der Waals surface area (Å²) >= 11 is 1.71. The summed E-state index contributed by atoms with van der Waals surface area (Å²) in [6.45, 7) is 2.31. The zero-order valence-corrected chi connectivity index (χ0v) is 10.8. The van der Waals surface area contributed by atoms with Crippen molar-refractivity contribution in [3.63, 3.8) is 0 Å². The third kappa shape index (κ3) is 3.54. The molecule has 0 fully saturated rings. The van der Waals surface area contributed by atoms with Crippen molar-refractivity contribution in [2.75, 3.05) is 13.3 Å². The van der Waals surface area contributed by atoms with E-state index in [9.17, 15) is 4.79 Å². The highest BCUT2D eigenvalue weighted by Gasteiger charge is 2.13. The van der Waals surface area contributed by atoms with E-state index in [1.165, 1.54) is 4.90 Å². The van der Waals surface area contributed by atoms with Gasteiger partial charge in [-0.25, -0.2) is 0 Å². The average molecular weight is 238 g/mol. The Hall–Kier alpha value is -1.00. The van der Waals surface area contributed by atoms with Gasteiger partial charge in [0.1, 0.15) is 0 Å². The maximum Gasteiger partial charge on any atom is 0.239 e. The van der Waals surface area contributed by atoms with Gasteiger partial charge in [0, 0.05) is 18.5 Å². The molecule has 3 nitrogen and oxygen atoms in total. The molecule has 0 heterocycles. The van der Waals surface area contributed by atoms with Crippen LogP contribution in [0.3, 0.4) is 0 Å². The van der Waals surface area contributed by atoms with Gasteiger partial charge in [-0.1, -0.05) is 12.1 Å². The van der Waals surface area contributed by atoms with Crippen molar-refractivity contribution in [1.29, 1.82) is 0 Å². The third-order valence-corrected chi connectivity index (χ3v) is 3.09. The average Bonchev–Trinajstić information content (AvgIpc) is 2.28. The number of likely N-dealkylation sites (N-methyl/N-ethyl adjacent to an activating group) is 1. The monoisotopic (exact) mass is 238 g/mol. The fourth-order valence-electron chi connectivity index (χ4n) is 1.43. The Kier molecular flexibility index (Phi) is 4.83. The Balaban J connectivity index is 2.62. The van der Waals surface area contributed by atoms with Crippen LogP contribution in [0.25, 0.3) is 0 Å². The van der Waals surface area contributed by atoms with E-state index in [0.29, 0.717) is 6.54 Å². The molecule has 0 bridgehead atoms. The standard InChI is InChI=1S/C12H18N2OS/c1-9(13)12(15)14(2)8-10-4-6-11(16-3)7-5-10/h4-7,9H,8,13H2,1-3H3/t9-/m1/s1. The number of benzene rings is 1. The van der Waals surface area contributed by atoms with Crippen molar-refractivity contribution in [3.05, 3.63) is 29.8 Å². The van der Waals surface area contributed by atoms with Crippen LogP contribution in [-0.4, -0.2) is 30.2 Å². The number of nitrogens with zero attached hydrogens (tertiary/aromatic N) is 1. The molecule has 0 saturated carbocycles. The van der Waals surface area contributed by atoms with Crippen molar-refractivity contribution in [3.8, 4) is 0 Å². The van der Waals surface area contributed by atoms with E-state index in [-0.39, 0.29) is 5.91 Å². The molecule has 1 aromatic rings. The van der Waals surface area contributed by atoms with Crippen LogP contribution in [0.15, 0.2) is 29.2 Å². The second-order valence-electron chi connectivity index (χ2n) is 3.83. The molecule has 1 aromatic carbocycles. The predicted octanol–water partition coefficient (Wildman–Crippen LogP) is 1.71. The molecular weight excluding hydrogens is 220 g/mol. The summed E-state index contributed by atoms with van der Waals surface area (Å²) in [5, 5.41) is 0. The first kappa shape index (κ1) is 13.1. The maximum atomic E-state index is 11.6. The summed E-state index contributed by atoms with van der Waals surface area (Å²) in [7, 11) is 1.77. The second kappa shape index (κ2) is 5.92. The Morgan fingerprint density at radius 3 is 2.44 bits per heavy atom. The normalized spacial score (nSPS) is 12.2. The molecule has 88 valence electrons. The van der Waals surface area contributed by atoms with Gasteiger partial charge in [0.05, 0.1) is 6.04 Å². The lowest BCUT2D eigenvalue weighted by atomic mass is 10.2. The largest absolute Gasteiger partial charge is 0.340 e. The van der Waals surface area contributed by atoms with Crippen molar-refractivity contribution >= 4 is 17.7 Å². The SMILES string of the molecule is CSc1ccc(CN(C)C(=O)[C@@H](C)N)cc1. The first-order valence-corrected chi connectivity index (χ1v) is 6.40. The number of thioether (sulfide) groups is 1. The minimum absolute atomic E-state index is 0.0334. The molecule has 0 aliphatic rings. The number of rotatable bonds is 4. The number of carbonyl (C=O) groups is 1. The first-order valence-electron chi connectivity index (χ1n) is 5.18. The Bertz CT molecular complexity index is 349. The Morgan fingerprint density at radius 1 is 1.44 bits per heavy atom. The minimum Gasteiger partial charge on any atom is -0.340 e. The van der Waals surface area contributed by atoms with E-state index >= 15 is 0 Å².